The molecule has 1 atom stereocenters. The van der Waals surface area contributed by atoms with Crippen LogP contribution in [0.2, 0.25) is 0 Å². The fourth-order valence-corrected chi connectivity index (χ4v) is 4.74. The number of carbonyl (C=O) groups is 1. The summed E-state index contributed by atoms with van der Waals surface area (Å²) in [5, 5.41) is 10.7. The summed E-state index contributed by atoms with van der Waals surface area (Å²) in [6.07, 6.45) is 0. The van der Waals surface area contributed by atoms with E-state index in [1.807, 2.05) is 57.2 Å². The van der Waals surface area contributed by atoms with Gasteiger partial charge in [0.1, 0.15) is 5.58 Å². The zero-order chi connectivity index (χ0) is 24.0. The summed E-state index contributed by atoms with van der Waals surface area (Å²) in [6, 6.07) is 17.6. The summed E-state index contributed by atoms with van der Waals surface area (Å²) in [4.78, 5) is 29.1. The quantitative estimate of drug-likeness (QED) is 0.444. The van der Waals surface area contributed by atoms with Gasteiger partial charge in [-0.3, -0.25) is 9.59 Å². The van der Waals surface area contributed by atoms with Crippen molar-refractivity contribution < 1.29 is 19.1 Å². The molecule has 172 valence electrons. The molecule has 0 bridgehead atoms. The number of amides is 1. The van der Waals surface area contributed by atoms with Crippen LogP contribution in [0.15, 0.2) is 69.9 Å². The molecule has 0 unspecified atom stereocenters. The third-order valence-corrected chi connectivity index (χ3v) is 6.19. The summed E-state index contributed by atoms with van der Waals surface area (Å²) in [5.74, 6) is 0.0317. The highest BCUT2D eigenvalue weighted by Crippen LogP contribution is 2.41. The second-order valence-electron chi connectivity index (χ2n) is 8.61. The first-order valence-electron chi connectivity index (χ1n) is 11.3. The van der Waals surface area contributed by atoms with E-state index in [4.69, 9.17) is 9.15 Å². The van der Waals surface area contributed by atoms with E-state index in [0.717, 1.165) is 16.7 Å². The SMILES string of the molecule is CCOc1cc([C@H]2c3c(oc4c(C)cc(C)cc4c3=O)C(=O)N2Cc2ccccc2)ccc1O. The summed E-state index contributed by atoms with van der Waals surface area (Å²) >= 11 is 0. The first-order valence-corrected chi connectivity index (χ1v) is 11.3. The molecule has 5 rings (SSSR count). The summed E-state index contributed by atoms with van der Waals surface area (Å²) < 4.78 is 11.7. The number of rotatable bonds is 5. The van der Waals surface area contributed by atoms with Gasteiger partial charge in [0, 0.05) is 6.54 Å². The van der Waals surface area contributed by atoms with Crippen LogP contribution in [-0.2, 0) is 6.54 Å². The minimum atomic E-state index is -0.677. The Balaban J connectivity index is 1.76. The van der Waals surface area contributed by atoms with E-state index < -0.39 is 6.04 Å². The Morgan fingerprint density at radius 3 is 2.53 bits per heavy atom. The van der Waals surface area contributed by atoms with Crippen molar-refractivity contribution in [3.8, 4) is 11.5 Å². The van der Waals surface area contributed by atoms with Gasteiger partial charge in [0.2, 0.25) is 5.76 Å². The Morgan fingerprint density at radius 1 is 1.03 bits per heavy atom. The standard InChI is InChI=1S/C28H25NO5/c1-4-33-22-14-19(10-11-21(22)30)24-23-25(31)20-13-16(2)12-17(3)26(20)34-27(23)28(32)29(24)15-18-8-6-5-7-9-18/h5-14,24,30H,4,15H2,1-3H3/t24-/m0/s1. The molecular formula is C28H25NO5. The average molecular weight is 456 g/mol. The van der Waals surface area contributed by atoms with Crippen LogP contribution in [0.3, 0.4) is 0 Å². The molecule has 6 nitrogen and oxygen atoms in total. The molecule has 1 aliphatic rings. The number of phenols is 1. The predicted molar refractivity (Wildman–Crippen MR) is 129 cm³/mol. The van der Waals surface area contributed by atoms with Crippen molar-refractivity contribution in [1.82, 2.24) is 4.90 Å². The zero-order valence-corrected chi connectivity index (χ0v) is 19.3. The van der Waals surface area contributed by atoms with E-state index in [1.165, 1.54) is 6.07 Å². The van der Waals surface area contributed by atoms with E-state index >= 15 is 0 Å². The van der Waals surface area contributed by atoms with Crippen LogP contribution in [-0.4, -0.2) is 22.5 Å². The molecular weight excluding hydrogens is 430 g/mol. The van der Waals surface area contributed by atoms with Gasteiger partial charge in [-0.1, -0.05) is 42.5 Å². The van der Waals surface area contributed by atoms with E-state index in [1.54, 1.807) is 23.1 Å². The number of benzene rings is 3. The number of ether oxygens (including phenoxy) is 1. The second-order valence-corrected chi connectivity index (χ2v) is 8.61. The lowest BCUT2D eigenvalue weighted by molar-refractivity contribution is 0.0714. The van der Waals surface area contributed by atoms with Gasteiger partial charge in [0.25, 0.3) is 5.91 Å². The predicted octanol–water partition coefficient (Wildman–Crippen LogP) is 5.26. The van der Waals surface area contributed by atoms with Crippen LogP contribution in [0.1, 0.15) is 51.3 Å². The Kier molecular flexibility index (Phi) is 5.36. The maximum absolute atomic E-state index is 13.8. The van der Waals surface area contributed by atoms with Crippen LogP contribution in [0.4, 0.5) is 0 Å². The van der Waals surface area contributed by atoms with Crippen molar-refractivity contribution in [3.05, 3.63) is 104 Å². The van der Waals surface area contributed by atoms with Crippen LogP contribution in [0.5, 0.6) is 11.5 Å². The Morgan fingerprint density at radius 2 is 1.79 bits per heavy atom. The van der Waals surface area contributed by atoms with Gasteiger partial charge in [0.05, 0.1) is 23.6 Å². The third kappa shape index (κ3) is 3.52. The molecule has 0 fully saturated rings. The topological polar surface area (TPSA) is 80.0 Å². The van der Waals surface area contributed by atoms with Crippen LogP contribution >= 0.6 is 0 Å². The van der Waals surface area contributed by atoms with Gasteiger partial charge in [-0.15, -0.1) is 0 Å². The van der Waals surface area contributed by atoms with Crippen molar-refractivity contribution >= 4 is 16.9 Å². The van der Waals surface area contributed by atoms with Gasteiger partial charge in [-0.05, 0) is 61.2 Å². The summed E-state index contributed by atoms with van der Waals surface area (Å²) in [5.41, 5.74) is 3.88. The number of phenolic OH excluding ortho intramolecular Hbond substituents is 1. The van der Waals surface area contributed by atoms with Crippen molar-refractivity contribution in [2.45, 2.75) is 33.4 Å². The van der Waals surface area contributed by atoms with Crippen molar-refractivity contribution in [1.29, 1.82) is 0 Å². The van der Waals surface area contributed by atoms with E-state index in [9.17, 15) is 14.7 Å². The van der Waals surface area contributed by atoms with Gasteiger partial charge in [0.15, 0.2) is 16.9 Å². The lowest BCUT2D eigenvalue weighted by Crippen LogP contribution is -2.29. The number of nitrogens with zero attached hydrogens (tertiary/aromatic N) is 1. The first-order chi connectivity index (χ1) is 16.4. The molecule has 0 radical (unpaired) electrons. The highest BCUT2D eigenvalue weighted by molar-refractivity contribution is 5.99. The van der Waals surface area contributed by atoms with E-state index in [-0.39, 0.29) is 22.8 Å². The van der Waals surface area contributed by atoms with Gasteiger partial charge in [-0.25, -0.2) is 0 Å². The van der Waals surface area contributed by atoms with Crippen LogP contribution in [0.25, 0.3) is 11.0 Å². The molecule has 1 aromatic heterocycles. The molecule has 0 aliphatic carbocycles. The normalized spacial score (nSPS) is 15.1. The average Bonchev–Trinajstić information content (AvgIpc) is 3.09. The molecule has 0 saturated carbocycles. The van der Waals surface area contributed by atoms with Crippen molar-refractivity contribution in [2.75, 3.05) is 6.61 Å². The molecule has 6 heteroatoms. The molecule has 0 spiro atoms. The Bertz CT molecular complexity index is 1470. The second kappa shape index (κ2) is 8.37. The van der Waals surface area contributed by atoms with Crippen molar-refractivity contribution in [2.24, 2.45) is 0 Å². The first kappa shape index (κ1) is 21.8. The monoisotopic (exact) mass is 455 g/mol. The summed E-state index contributed by atoms with van der Waals surface area (Å²) in [7, 11) is 0. The van der Waals surface area contributed by atoms with Gasteiger partial charge < -0.3 is 19.2 Å². The molecule has 4 aromatic rings. The van der Waals surface area contributed by atoms with E-state index in [0.29, 0.717) is 41.0 Å². The number of carbonyl (C=O) groups excluding carboxylic acids is 1. The third-order valence-electron chi connectivity index (χ3n) is 6.19. The maximum Gasteiger partial charge on any atom is 0.291 e. The zero-order valence-electron chi connectivity index (χ0n) is 19.3. The smallest absolute Gasteiger partial charge is 0.291 e. The number of aromatic hydroxyl groups is 1. The number of aryl methyl sites for hydroxylation is 2. The molecule has 1 aliphatic heterocycles. The van der Waals surface area contributed by atoms with E-state index in [2.05, 4.69) is 0 Å². The minimum Gasteiger partial charge on any atom is -0.504 e. The molecule has 1 amide bonds. The van der Waals surface area contributed by atoms with Crippen molar-refractivity contribution in [3.63, 3.8) is 0 Å². The highest BCUT2D eigenvalue weighted by atomic mass is 16.5. The number of hydrogen-bond acceptors (Lipinski definition) is 5. The van der Waals surface area contributed by atoms with Crippen LogP contribution < -0.4 is 10.2 Å². The summed E-state index contributed by atoms with van der Waals surface area (Å²) in [6.45, 7) is 6.30. The number of hydrogen-bond donors (Lipinski definition) is 1. The lowest BCUT2D eigenvalue weighted by Gasteiger charge is -2.25. The van der Waals surface area contributed by atoms with Gasteiger partial charge >= 0.3 is 0 Å². The molecule has 3 aromatic carbocycles. The minimum absolute atomic E-state index is 0.00144. The molecule has 1 N–H and O–H groups in total. The largest absolute Gasteiger partial charge is 0.504 e. The maximum atomic E-state index is 13.8. The van der Waals surface area contributed by atoms with Crippen LogP contribution in [0, 0.1) is 13.8 Å². The Hall–Kier alpha value is -4.06. The fourth-order valence-electron chi connectivity index (χ4n) is 4.74. The Labute approximate surface area is 197 Å². The number of fused-ring (bicyclic) bond motifs is 2. The molecule has 0 saturated heterocycles. The van der Waals surface area contributed by atoms with Gasteiger partial charge in [-0.2, -0.15) is 0 Å². The fraction of sp³-hybridized carbons (Fsp3) is 0.214. The molecule has 2 heterocycles. The highest BCUT2D eigenvalue weighted by Gasteiger charge is 2.43. The lowest BCUT2D eigenvalue weighted by atomic mass is 9.97. The molecule has 34 heavy (non-hydrogen) atoms.